The Morgan fingerprint density at radius 3 is 2.58 bits per heavy atom. The maximum absolute atomic E-state index is 12.3. The van der Waals surface area contributed by atoms with Crippen LogP contribution in [0.15, 0.2) is 48.5 Å². The van der Waals surface area contributed by atoms with Crippen molar-refractivity contribution in [1.29, 1.82) is 5.26 Å². The maximum Gasteiger partial charge on any atom is 0.251 e. The van der Waals surface area contributed by atoms with Gasteiger partial charge in [0.25, 0.3) is 5.91 Å². The molecule has 2 rings (SSSR count). The summed E-state index contributed by atoms with van der Waals surface area (Å²) in [6.45, 7) is 2.47. The number of nitrogens with one attached hydrogen (secondary N) is 1. The van der Waals surface area contributed by atoms with Crippen LogP contribution < -0.4 is 10.1 Å². The molecular weight excluding hydrogens is 304 g/mol. The molecule has 0 radical (unpaired) electrons. The highest BCUT2D eigenvalue weighted by Gasteiger charge is 2.12. The van der Waals surface area contributed by atoms with E-state index in [0.29, 0.717) is 29.2 Å². The summed E-state index contributed by atoms with van der Waals surface area (Å²) in [5, 5.41) is 11.7. The van der Waals surface area contributed by atoms with Gasteiger partial charge in [-0.3, -0.25) is 4.79 Å². The zero-order chi connectivity index (χ0) is 17.4. The van der Waals surface area contributed by atoms with E-state index in [2.05, 4.69) is 11.4 Å². The van der Waals surface area contributed by atoms with Crippen LogP contribution in [-0.4, -0.2) is 25.7 Å². The minimum absolute atomic E-state index is 0.0226. The van der Waals surface area contributed by atoms with Crippen LogP contribution in [-0.2, 0) is 4.74 Å². The fourth-order valence-electron chi connectivity index (χ4n) is 2.17. The molecule has 0 fully saturated rings. The highest BCUT2D eigenvalue weighted by atomic mass is 16.5. The highest BCUT2D eigenvalue weighted by molar-refractivity contribution is 5.94. The maximum atomic E-state index is 12.3. The van der Waals surface area contributed by atoms with E-state index in [1.165, 1.54) is 0 Å². The van der Waals surface area contributed by atoms with Gasteiger partial charge in [0.1, 0.15) is 11.5 Å². The summed E-state index contributed by atoms with van der Waals surface area (Å²) < 4.78 is 10.8. The molecule has 0 aliphatic rings. The molecule has 0 heterocycles. The van der Waals surface area contributed by atoms with Gasteiger partial charge in [0.2, 0.25) is 0 Å². The van der Waals surface area contributed by atoms with Gasteiger partial charge in [-0.15, -0.1) is 0 Å². The van der Waals surface area contributed by atoms with Gasteiger partial charge in [0.15, 0.2) is 0 Å². The zero-order valence-electron chi connectivity index (χ0n) is 13.8. The van der Waals surface area contributed by atoms with Crippen LogP contribution in [0.5, 0.6) is 11.5 Å². The van der Waals surface area contributed by atoms with Gasteiger partial charge in [0.05, 0.1) is 24.3 Å². The van der Waals surface area contributed by atoms with Gasteiger partial charge in [0, 0.05) is 12.7 Å². The Balaban J connectivity index is 2.07. The minimum Gasteiger partial charge on any atom is -0.457 e. The Morgan fingerprint density at radius 2 is 1.96 bits per heavy atom. The van der Waals surface area contributed by atoms with Crippen molar-refractivity contribution in [2.45, 2.75) is 19.4 Å². The molecule has 1 N–H and O–H groups in total. The van der Waals surface area contributed by atoms with Gasteiger partial charge in [-0.2, -0.15) is 5.26 Å². The second-order valence-corrected chi connectivity index (χ2v) is 5.30. The molecule has 1 atom stereocenters. The summed E-state index contributed by atoms with van der Waals surface area (Å²) in [4.78, 5) is 12.3. The molecular formula is C19H20N2O3. The summed E-state index contributed by atoms with van der Waals surface area (Å²) in [6, 6.07) is 15.8. The lowest BCUT2D eigenvalue weighted by atomic mass is 10.1. The predicted octanol–water partition coefficient (Wildman–Crippen LogP) is 3.51. The number of benzene rings is 2. The van der Waals surface area contributed by atoms with Gasteiger partial charge >= 0.3 is 0 Å². The number of amides is 1. The molecule has 5 heteroatoms. The Labute approximate surface area is 141 Å². The third-order valence-electron chi connectivity index (χ3n) is 3.51. The van der Waals surface area contributed by atoms with Gasteiger partial charge in [-0.05, 0) is 48.9 Å². The number of carbonyl (C=O) groups is 1. The van der Waals surface area contributed by atoms with E-state index in [9.17, 15) is 4.79 Å². The van der Waals surface area contributed by atoms with Crippen molar-refractivity contribution >= 4 is 5.91 Å². The summed E-state index contributed by atoms with van der Waals surface area (Å²) in [5.41, 5.74) is 1.09. The third kappa shape index (κ3) is 4.83. The average Bonchev–Trinajstić information content (AvgIpc) is 2.62. The monoisotopic (exact) mass is 324 g/mol. The fourth-order valence-corrected chi connectivity index (χ4v) is 2.17. The Morgan fingerprint density at radius 1 is 1.21 bits per heavy atom. The molecule has 1 unspecified atom stereocenters. The number of nitrogens with zero attached hydrogens (tertiary/aromatic N) is 1. The topological polar surface area (TPSA) is 71.3 Å². The van der Waals surface area contributed by atoms with E-state index in [1.807, 2.05) is 6.92 Å². The Kier molecular flexibility index (Phi) is 6.35. The van der Waals surface area contributed by atoms with E-state index >= 15 is 0 Å². The molecule has 2 aromatic rings. The lowest BCUT2D eigenvalue weighted by molar-refractivity contribution is 0.0894. The Bertz CT molecular complexity index is 720. The molecule has 0 aromatic heterocycles. The standard InChI is InChI=1S/C19H20N2O3/c1-3-16(13-23-2)21-19(22)15-5-4-6-18(11-15)24-17-9-7-14(12-20)8-10-17/h4-11,16H,3,13H2,1-2H3,(H,21,22). The first-order valence-corrected chi connectivity index (χ1v) is 7.74. The van der Waals surface area contributed by atoms with Gasteiger partial charge < -0.3 is 14.8 Å². The number of methoxy groups -OCH3 is 1. The molecule has 0 saturated carbocycles. The van der Waals surface area contributed by atoms with Crippen molar-refractivity contribution in [1.82, 2.24) is 5.32 Å². The summed E-state index contributed by atoms with van der Waals surface area (Å²) in [6.07, 6.45) is 0.793. The highest BCUT2D eigenvalue weighted by Crippen LogP contribution is 2.22. The Hall–Kier alpha value is -2.84. The van der Waals surface area contributed by atoms with E-state index < -0.39 is 0 Å². The lowest BCUT2D eigenvalue weighted by Crippen LogP contribution is -2.37. The molecule has 0 bridgehead atoms. The van der Waals surface area contributed by atoms with E-state index in [0.717, 1.165) is 6.42 Å². The molecule has 24 heavy (non-hydrogen) atoms. The minimum atomic E-state index is -0.163. The number of rotatable bonds is 7. The van der Waals surface area contributed by atoms with Crippen molar-refractivity contribution in [2.75, 3.05) is 13.7 Å². The van der Waals surface area contributed by atoms with Crippen LogP contribution in [0.1, 0.15) is 29.3 Å². The van der Waals surface area contributed by atoms with Crippen molar-refractivity contribution in [3.63, 3.8) is 0 Å². The van der Waals surface area contributed by atoms with Crippen molar-refractivity contribution < 1.29 is 14.3 Å². The van der Waals surface area contributed by atoms with Crippen LogP contribution >= 0.6 is 0 Å². The van der Waals surface area contributed by atoms with Crippen LogP contribution in [0.25, 0.3) is 0 Å². The van der Waals surface area contributed by atoms with Crippen LogP contribution in [0.2, 0.25) is 0 Å². The van der Waals surface area contributed by atoms with Crippen molar-refractivity contribution in [2.24, 2.45) is 0 Å². The normalized spacial score (nSPS) is 11.4. The molecule has 0 aliphatic heterocycles. The zero-order valence-corrected chi connectivity index (χ0v) is 13.8. The van der Waals surface area contributed by atoms with Crippen LogP contribution in [0.3, 0.4) is 0 Å². The van der Waals surface area contributed by atoms with Crippen LogP contribution in [0, 0.1) is 11.3 Å². The molecule has 2 aromatic carbocycles. The predicted molar refractivity (Wildman–Crippen MR) is 91.1 cm³/mol. The van der Waals surface area contributed by atoms with Crippen LogP contribution in [0.4, 0.5) is 0 Å². The molecule has 0 saturated heterocycles. The summed E-state index contributed by atoms with van der Waals surface area (Å²) in [5.74, 6) is 1.01. The third-order valence-corrected chi connectivity index (χ3v) is 3.51. The number of hydrogen-bond acceptors (Lipinski definition) is 4. The van der Waals surface area contributed by atoms with E-state index in [1.54, 1.807) is 55.6 Å². The second kappa shape index (κ2) is 8.70. The van der Waals surface area contributed by atoms with Gasteiger partial charge in [-0.1, -0.05) is 13.0 Å². The first kappa shape index (κ1) is 17.5. The molecule has 1 amide bonds. The lowest BCUT2D eigenvalue weighted by Gasteiger charge is -2.16. The summed E-state index contributed by atoms with van der Waals surface area (Å²) >= 11 is 0. The number of nitriles is 1. The van der Waals surface area contributed by atoms with E-state index in [-0.39, 0.29) is 11.9 Å². The first-order chi connectivity index (χ1) is 11.7. The van der Waals surface area contributed by atoms with Crippen molar-refractivity contribution in [3.05, 3.63) is 59.7 Å². The number of ether oxygens (including phenoxy) is 2. The second-order valence-electron chi connectivity index (χ2n) is 5.30. The van der Waals surface area contributed by atoms with Gasteiger partial charge in [-0.25, -0.2) is 0 Å². The largest absolute Gasteiger partial charge is 0.457 e. The average molecular weight is 324 g/mol. The molecule has 0 aliphatic carbocycles. The fraction of sp³-hybridized carbons (Fsp3) is 0.263. The number of carbonyl (C=O) groups excluding carboxylic acids is 1. The molecule has 5 nitrogen and oxygen atoms in total. The van der Waals surface area contributed by atoms with Crippen molar-refractivity contribution in [3.8, 4) is 17.6 Å². The molecule has 0 spiro atoms. The SMILES string of the molecule is CCC(COC)NC(=O)c1cccc(Oc2ccc(C#N)cc2)c1. The first-order valence-electron chi connectivity index (χ1n) is 7.74. The summed E-state index contributed by atoms with van der Waals surface area (Å²) in [7, 11) is 1.61. The smallest absolute Gasteiger partial charge is 0.251 e. The quantitative estimate of drug-likeness (QED) is 0.846. The number of hydrogen-bond donors (Lipinski definition) is 1. The molecule has 124 valence electrons. The van der Waals surface area contributed by atoms with E-state index in [4.69, 9.17) is 14.7 Å².